The largest absolute Gasteiger partial charge is 0.381 e. The van der Waals surface area contributed by atoms with Crippen molar-refractivity contribution in [1.29, 1.82) is 0 Å². The molecule has 0 radical (unpaired) electrons. The van der Waals surface area contributed by atoms with E-state index < -0.39 is 12.5 Å². The first-order chi connectivity index (χ1) is 14.6. The second kappa shape index (κ2) is 7.84. The summed E-state index contributed by atoms with van der Waals surface area (Å²) < 4.78 is 15.2. The van der Waals surface area contributed by atoms with E-state index in [9.17, 15) is 5.11 Å². The van der Waals surface area contributed by atoms with E-state index in [2.05, 4.69) is 36.4 Å². The van der Waals surface area contributed by atoms with Crippen LogP contribution in [-0.4, -0.2) is 10.4 Å². The first kappa shape index (κ1) is 19.8. The molecule has 5 rings (SSSR count). The third kappa shape index (κ3) is 3.01. The third-order valence-electron chi connectivity index (χ3n) is 7.43. The molecule has 0 aromatic heterocycles. The van der Waals surface area contributed by atoms with Gasteiger partial charge < -0.3 is 9.67 Å². The molecule has 2 aliphatic rings. The second-order valence-electron chi connectivity index (χ2n) is 8.90. The zero-order valence-electron chi connectivity index (χ0n) is 17.2. The van der Waals surface area contributed by atoms with E-state index >= 15 is 4.57 Å². The molecule has 1 saturated carbocycles. The first-order valence-electron chi connectivity index (χ1n) is 11.1. The Bertz CT molecular complexity index is 1030. The predicted octanol–water partition coefficient (Wildman–Crippen LogP) is 6.48. The molecule has 30 heavy (non-hydrogen) atoms. The van der Waals surface area contributed by atoms with Gasteiger partial charge in [0.2, 0.25) is 0 Å². The molecule has 1 aliphatic carbocycles. The maximum Gasteiger partial charge on any atom is 0.152 e. The minimum absolute atomic E-state index is 0.0275. The molecule has 2 fully saturated rings. The maximum absolute atomic E-state index is 15.2. The van der Waals surface area contributed by atoms with Crippen molar-refractivity contribution in [2.24, 2.45) is 5.92 Å². The molecule has 154 valence electrons. The Labute approximate surface area is 179 Å². The van der Waals surface area contributed by atoms with Gasteiger partial charge in [-0.3, -0.25) is 0 Å². The number of hydrogen-bond acceptors (Lipinski definition) is 2. The lowest BCUT2D eigenvalue weighted by Gasteiger charge is -2.55. The lowest BCUT2D eigenvalue weighted by molar-refractivity contribution is 0.000453. The van der Waals surface area contributed by atoms with Gasteiger partial charge in [0.15, 0.2) is 7.14 Å². The summed E-state index contributed by atoms with van der Waals surface area (Å²) in [5, 5.41) is 12.0. The van der Waals surface area contributed by atoms with Crippen LogP contribution in [-0.2, 0) is 4.57 Å². The molecule has 3 aromatic rings. The molecule has 1 saturated heterocycles. The van der Waals surface area contributed by atoms with Crippen LogP contribution < -0.4 is 5.30 Å². The summed E-state index contributed by atoms with van der Waals surface area (Å²) >= 11 is 0. The number of benzene rings is 3. The van der Waals surface area contributed by atoms with Crippen LogP contribution >= 0.6 is 7.14 Å². The molecule has 0 amide bonds. The summed E-state index contributed by atoms with van der Waals surface area (Å²) in [6.07, 6.45) is 4.41. The summed E-state index contributed by atoms with van der Waals surface area (Å²) in [6, 6.07) is 30.7. The average molecular weight is 417 g/mol. The van der Waals surface area contributed by atoms with Crippen molar-refractivity contribution in [3.8, 4) is 0 Å². The van der Waals surface area contributed by atoms with Gasteiger partial charge in [0.1, 0.15) is 5.34 Å². The summed E-state index contributed by atoms with van der Waals surface area (Å²) in [5.74, 6) is 0.243. The van der Waals surface area contributed by atoms with Crippen LogP contribution in [0.2, 0.25) is 0 Å². The fourth-order valence-electron chi connectivity index (χ4n) is 6.07. The van der Waals surface area contributed by atoms with Crippen LogP contribution in [0, 0.1) is 5.92 Å². The van der Waals surface area contributed by atoms with Crippen molar-refractivity contribution < 1.29 is 9.67 Å². The maximum atomic E-state index is 15.2. The minimum Gasteiger partial charge on any atom is -0.381 e. The van der Waals surface area contributed by atoms with E-state index in [1.807, 2.05) is 54.6 Å². The minimum atomic E-state index is -3.14. The monoisotopic (exact) mass is 416 g/mol. The van der Waals surface area contributed by atoms with Crippen molar-refractivity contribution in [1.82, 2.24) is 0 Å². The number of hydrogen-bond donors (Lipinski definition) is 1. The number of fused-ring (bicyclic) bond motifs is 1. The lowest BCUT2D eigenvalue weighted by atomic mass is 9.71. The molecule has 5 unspecified atom stereocenters. The lowest BCUT2D eigenvalue weighted by Crippen LogP contribution is -2.50. The molecule has 2 nitrogen and oxygen atoms in total. The van der Waals surface area contributed by atoms with Gasteiger partial charge in [-0.15, -0.1) is 0 Å². The molecule has 0 spiro atoms. The molecule has 5 atom stereocenters. The Kier molecular flexibility index (Phi) is 5.17. The van der Waals surface area contributed by atoms with Gasteiger partial charge in [-0.2, -0.15) is 0 Å². The first-order valence-corrected chi connectivity index (χ1v) is 12.9. The molecular formula is C27H29O2P. The van der Waals surface area contributed by atoms with Gasteiger partial charge in [-0.1, -0.05) is 104 Å². The fourth-order valence-corrected chi connectivity index (χ4v) is 10.4. The summed E-state index contributed by atoms with van der Waals surface area (Å²) in [6.45, 7) is 0. The van der Waals surface area contributed by atoms with E-state index in [1.54, 1.807) is 0 Å². The smallest absolute Gasteiger partial charge is 0.152 e. The average Bonchev–Trinajstić information content (AvgIpc) is 2.81. The topological polar surface area (TPSA) is 37.3 Å². The van der Waals surface area contributed by atoms with E-state index in [1.165, 1.54) is 5.56 Å². The van der Waals surface area contributed by atoms with Crippen LogP contribution in [0.15, 0.2) is 91.0 Å². The van der Waals surface area contributed by atoms with Crippen molar-refractivity contribution in [2.75, 3.05) is 0 Å². The summed E-state index contributed by atoms with van der Waals surface area (Å²) in [5.41, 5.74) is 2.18. The van der Waals surface area contributed by atoms with Crippen molar-refractivity contribution >= 4 is 12.4 Å². The van der Waals surface area contributed by atoms with Gasteiger partial charge in [0.05, 0.1) is 0 Å². The molecule has 1 N–H and O–H groups in total. The van der Waals surface area contributed by atoms with Crippen LogP contribution in [0.4, 0.5) is 0 Å². The van der Waals surface area contributed by atoms with Gasteiger partial charge in [0, 0.05) is 16.9 Å². The highest BCUT2D eigenvalue weighted by atomic mass is 31.2. The number of aliphatic hydroxyl groups is 1. The molecule has 3 heteroatoms. The zero-order valence-corrected chi connectivity index (χ0v) is 18.1. The Morgan fingerprint density at radius 3 is 1.97 bits per heavy atom. The molecule has 1 aliphatic heterocycles. The van der Waals surface area contributed by atoms with Crippen LogP contribution in [0.1, 0.15) is 54.8 Å². The quantitative estimate of drug-likeness (QED) is 0.496. The molecular weight excluding hydrogens is 387 g/mol. The van der Waals surface area contributed by atoms with Gasteiger partial charge in [-0.05, 0) is 36.3 Å². The standard InChI is InChI=1S/C27H29O2P/c28-27-19-11-10-18-25(27)24(21-12-4-1-5-13-21)20-26(22-14-6-2-7-15-22)30(27,29)23-16-8-3-9-17-23/h1-9,12-17,24-26,28H,10-11,18-20H2. The van der Waals surface area contributed by atoms with Crippen molar-refractivity contribution in [3.05, 3.63) is 102 Å². The number of rotatable bonds is 3. The third-order valence-corrected chi connectivity index (χ3v) is 11.6. The SMILES string of the molecule is O=P1(c2ccccc2)C(c2ccccc2)CC(c2ccccc2)C2CCCCC21O. The zero-order chi connectivity index (χ0) is 20.6. The Morgan fingerprint density at radius 1 is 0.767 bits per heavy atom. The van der Waals surface area contributed by atoms with E-state index in [0.29, 0.717) is 6.42 Å². The Hall–Kier alpha value is -2.15. The van der Waals surface area contributed by atoms with Gasteiger partial charge >= 0.3 is 0 Å². The molecule has 0 bridgehead atoms. The van der Waals surface area contributed by atoms with Gasteiger partial charge in [0.25, 0.3) is 0 Å². The second-order valence-corrected chi connectivity index (χ2v) is 12.1. The van der Waals surface area contributed by atoms with Crippen LogP contribution in [0.3, 0.4) is 0 Å². The fraction of sp³-hybridized carbons (Fsp3) is 0.333. The normalized spacial score (nSPS) is 33.6. The summed E-state index contributed by atoms with van der Waals surface area (Å²) in [4.78, 5) is 0. The molecule has 3 aromatic carbocycles. The van der Waals surface area contributed by atoms with Crippen molar-refractivity contribution in [2.45, 2.75) is 49.0 Å². The van der Waals surface area contributed by atoms with Crippen LogP contribution in [0.25, 0.3) is 0 Å². The highest BCUT2D eigenvalue weighted by molar-refractivity contribution is 7.73. The van der Waals surface area contributed by atoms with Gasteiger partial charge in [-0.25, -0.2) is 0 Å². The summed E-state index contributed by atoms with van der Waals surface area (Å²) in [7, 11) is -3.14. The van der Waals surface area contributed by atoms with E-state index in [4.69, 9.17) is 0 Å². The van der Waals surface area contributed by atoms with Crippen LogP contribution in [0.5, 0.6) is 0 Å². The van der Waals surface area contributed by atoms with E-state index in [0.717, 1.165) is 36.6 Å². The van der Waals surface area contributed by atoms with E-state index in [-0.39, 0.29) is 17.5 Å². The molecule has 1 heterocycles. The Morgan fingerprint density at radius 2 is 1.33 bits per heavy atom. The highest BCUT2D eigenvalue weighted by Gasteiger charge is 2.62. The predicted molar refractivity (Wildman–Crippen MR) is 124 cm³/mol. The Balaban J connectivity index is 1.73. The highest BCUT2D eigenvalue weighted by Crippen LogP contribution is 2.77. The van der Waals surface area contributed by atoms with Crippen molar-refractivity contribution in [3.63, 3.8) is 0 Å².